The lowest BCUT2D eigenvalue weighted by Crippen LogP contribution is -2.06. The molecule has 0 bridgehead atoms. The lowest BCUT2D eigenvalue weighted by atomic mass is 10.3. The minimum absolute atomic E-state index is 0.236. The third-order valence-electron chi connectivity index (χ3n) is 1.26. The molecule has 0 amide bonds. The van der Waals surface area contributed by atoms with Gasteiger partial charge in [0.15, 0.2) is 0 Å². The summed E-state index contributed by atoms with van der Waals surface area (Å²) in [5.41, 5.74) is 0.690. The second-order valence-electron chi connectivity index (χ2n) is 2.28. The van der Waals surface area contributed by atoms with Gasteiger partial charge in [0.1, 0.15) is 6.33 Å². The van der Waals surface area contributed by atoms with E-state index in [1.807, 2.05) is 0 Å². The molecule has 6 heteroatoms. The highest BCUT2D eigenvalue weighted by Gasteiger charge is 2.04. The molecule has 0 spiro atoms. The van der Waals surface area contributed by atoms with Gasteiger partial charge in [0, 0.05) is 12.4 Å². The van der Waals surface area contributed by atoms with Crippen LogP contribution in [-0.4, -0.2) is 28.7 Å². The molecule has 0 aromatic carbocycles. The topological polar surface area (TPSA) is 80.2 Å². The largest absolute Gasteiger partial charge is 0.286 e. The fourth-order valence-corrected chi connectivity index (χ4v) is 1.20. The van der Waals surface area contributed by atoms with E-state index in [0.29, 0.717) is 5.56 Å². The molecule has 0 atom stereocenters. The first-order valence-corrected chi connectivity index (χ1v) is 4.88. The third kappa shape index (κ3) is 3.40. The van der Waals surface area contributed by atoms with Crippen molar-refractivity contribution < 1.29 is 13.0 Å². The normalized spacial score (nSPS) is 11.4. The average molecular weight is 188 g/mol. The van der Waals surface area contributed by atoms with E-state index >= 15 is 0 Å². The predicted octanol–water partition coefficient (Wildman–Crippen LogP) is -0.0931. The van der Waals surface area contributed by atoms with Crippen molar-refractivity contribution in [3.05, 3.63) is 24.3 Å². The summed E-state index contributed by atoms with van der Waals surface area (Å²) in [6, 6.07) is 0. The number of rotatable bonds is 3. The van der Waals surface area contributed by atoms with E-state index in [-0.39, 0.29) is 12.2 Å². The van der Waals surface area contributed by atoms with E-state index in [1.165, 1.54) is 18.7 Å². The summed E-state index contributed by atoms with van der Waals surface area (Å²) in [5.74, 6) is -0.291. The van der Waals surface area contributed by atoms with Crippen molar-refractivity contribution in [2.24, 2.45) is 0 Å². The quantitative estimate of drug-likeness (QED) is 0.670. The Morgan fingerprint density at radius 2 is 1.92 bits per heavy atom. The number of aryl methyl sites for hydroxylation is 1. The van der Waals surface area contributed by atoms with Crippen LogP contribution in [0, 0.1) is 0 Å². The molecule has 1 N–H and O–H groups in total. The van der Waals surface area contributed by atoms with Crippen LogP contribution in [0.4, 0.5) is 0 Å². The highest BCUT2D eigenvalue weighted by Crippen LogP contribution is 1.96. The first-order chi connectivity index (χ1) is 5.58. The van der Waals surface area contributed by atoms with E-state index in [1.54, 1.807) is 0 Å². The van der Waals surface area contributed by atoms with Crippen LogP contribution < -0.4 is 0 Å². The van der Waals surface area contributed by atoms with E-state index in [9.17, 15) is 8.42 Å². The van der Waals surface area contributed by atoms with Crippen molar-refractivity contribution in [1.29, 1.82) is 0 Å². The highest BCUT2D eigenvalue weighted by atomic mass is 32.2. The Morgan fingerprint density at radius 1 is 1.33 bits per heavy atom. The fourth-order valence-electron chi connectivity index (χ4n) is 0.706. The molecular formula is C6H8N2O3S. The van der Waals surface area contributed by atoms with Gasteiger partial charge < -0.3 is 0 Å². The maximum absolute atomic E-state index is 10.3. The Kier molecular flexibility index (Phi) is 2.72. The Morgan fingerprint density at radius 3 is 2.42 bits per heavy atom. The smallest absolute Gasteiger partial charge is 0.265 e. The van der Waals surface area contributed by atoms with Crippen molar-refractivity contribution in [1.82, 2.24) is 9.97 Å². The molecule has 0 aliphatic carbocycles. The van der Waals surface area contributed by atoms with Crippen molar-refractivity contribution in [3.63, 3.8) is 0 Å². The number of hydrogen-bond acceptors (Lipinski definition) is 4. The van der Waals surface area contributed by atoms with Gasteiger partial charge in [-0.1, -0.05) is 0 Å². The average Bonchev–Trinajstić information content (AvgIpc) is 2.02. The minimum Gasteiger partial charge on any atom is -0.286 e. The Labute approximate surface area is 70.2 Å². The zero-order valence-corrected chi connectivity index (χ0v) is 7.03. The zero-order valence-electron chi connectivity index (χ0n) is 6.21. The summed E-state index contributed by atoms with van der Waals surface area (Å²) in [6.07, 6.45) is 4.62. The van der Waals surface area contributed by atoms with Crippen LogP contribution in [0.5, 0.6) is 0 Å². The second-order valence-corrected chi connectivity index (χ2v) is 3.85. The Balaban J connectivity index is 2.56. The van der Waals surface area contributed by atoms with Gasteiger partial charge in [-0.05, 0) is 12.0 Å². The lowest BCUT2D eigenvalue weighted by Gasteiger charge is -1.96. The Bertz CT molecular complexity index is 335. The standard InChI is InChI=1S/C6H8N2O3S/c9-12(10,11)2-1-6-3-7-5-8-4-6/h3-5H,1-2H2,(H,9,10,11). The molecule has 1 aromatic heterocycles. The van der Waals surface area contributed by atoms with Crippen LogP contribution in [0.3, 0.4) is 0 Å². The number of hydrogen-bond donors (Lipinski definition) is 1. The van der Waals surface area contributed by atoms with E-state index < -0.39 is 10.1 Å². The molecule has 0 radical (unpaired) electrons. The first kappa shape index (κ1) is 9.08. The van der Waals surface area contributed by atoms with Gasteiger partial charge in [-0.25, -0.2) is 9.97 Å². The zero-order chi connectivity index (χ0) is 9.03. The molecule has 1 rings (SSSR count). The molecule has 0 fully saturated rings. The van der Waals surface area contributed by atoms with Gasteiger partial charge in [0.05, 0.1) is 5.75 Å². The van der Waals surface area contributed by atoms with Crippen LogP contribution in [-0.2, 0) is 16.5 Å². The molecule has 0 aliphatic rings. The van der Waals surface area contributed by atoms with Gasteiger partial charge in [0.25, 0.3) is 10.1 Å². The van der Waals surface area contributed by atoms with Crippen molar-refractivity contribution >= 4 is 10.1 Å². The monoisotopic (exact) mass is 188 g/mol. The lowest BCUT2D eigenvalue weighted by molar-refractivity contribution is 0.482. The molecule has 0 saturated heterocycles. The molecular weight excluding hydrogens is 180 g/mol. The maximum atomic E-state index is 10.3. The summed E-state index contributed by atoms with van der Waals surface area (Å²) < 4.78 is 29.0. The van der Waals surface area contributed by atoms with Gasteiger partial charge in [0.2, 0.25) is 0 Å². The Hall–Kier alpha value is -1.01. The van der Waals surface area contributed by atoms with Crippen LogP contribution in [0.2, 0.25) is 0 Å². The predicted molar refractivity (Wildman–Crippen MR) is 42.2 cm³/mol. The van der Waals surface area contributed by atoms with E-state index in [2.05, 4.69) is 9.97 Å². The van der Waals surface area contributed by atoms with Crippen LogP contribution in [0.15, 0.2) is 18.7 Å². The molecule has 66 valence electrons. The summed E-state index contributed by atoms with van der Waals surface area (Å²) >= 11 is 0. The van der Waals surface area contributed by atoms with Crippen molar-refractivity contribution in [3.8, 4) is 0 Å². The van der Waals surface area contributed by atoms with Crippen molar-refractivity contribution in [2.45, 2.75) is 6.42 Å². The number of nitrogens with zero attached hydrogens (tertiary/aromatic N) is 2. The molecule has 1 heterocycles. The molecule has 1 aromatic rings. The first-order valence-electron chi connectivity index (χ1n) is 3.27. The molecule has 0 unspecified atom stereocenters. The van der Waals surface area contributed by atoms with Gasteiger partial charge >= 0.3 is 0 Å². The van der Waals surface area contributed by atoms with Crippen LogP contribution in [0.1, 0.15) is 5.56 Å². The highest BCUT2D eigenvalue weighted by molar-refractivity contribution is 7.85. The molecule has 12 heavy (non-hydrogen) atoms. The summed E-state index contributed by atoms with van der Waals surface area (Å²) in [7, 11) is -3.88. The van der Waals surface area contributed by atoms with Gasteiger partial charge in [-0.2, -0.15) is 8.42 Å². The van der Waals surface area contributed by atoms with Gasteiger partial charge in [-0.3, -0.25) is 4.55 Å². The fraction of sp³-hybridized carbons (Fsp3) is 0.333. The minimum atomic E-state index is -3.88. The van der Waals surface area contributed by atoms with E-state index in [4.69, 9.17) is 4.55 Å². The van der Waals surface area contributed by atoms with Crippen LogP contribution >= 0.6 is 0 Å². The van der Waals surface area contributed by atoms with E-state index in [0.717, 1.165) is 0 Å². The molecule has 5 nitrogen and oxygen atoms in total. The summed E-state index contributed by atoms with van der Waals surface area (Å²) in [5, 5.41) is 0. The third-order valence-corrected chi connectivity index (χ3v) is 1.98. The van der Waals surface area contributed by atoms with Crippen LogP contribution in [0.25, 0.3) is 0 Å². The molecule has 0 saturated carbocycles. The summed E-state index contributed by atoms with van der Waals surface area (Å²) in [6.45, 7) is 0. The second kappa shape index (κ2) is 3.59. The molecule has 0 aliphatic heterocycles. The summed E-state index contributed by atoms with van der Waals surface area (Å²) in [4.78, 5) is 7.40. The van der Waals surface area contributed by atoms with Crippen molar-refractivity contribution in [2.75, 3.05) is 5.75 Å². The number of aromatic nitrogens is 2. The SMILES string of the molecule is O=S(=O)(O)CCc1cncnc1. The maximum Gasteiger partial charge on any atom is 0.265 e. The van der Waals surface area contributed by atoms with Gasteiger partial charge in [-0.15, -0.1) is 0 Å².